The summed E-state index contributed by atoms with van der Waals surface area (Å²) in [5.41, 5.74) is 3.59. The van der Waals surface area contributed by atoms with Crippen LogP contribution in [0.5, 0.6) is 0 Å². The van der Waals surface area contributed by atoms with Crippen molar-refractivity contribution < 1.29 is 4.79 Å². The molecule has 0 radical (unpaired) electrons. The molecule has 1 unspecified atom stereocenters. The minimum atomic E-state index is 0.0697. The van der Waals surface area contributed by atoms with Crippen LogP contribution in [0.4, 0.5) is 0 Å². The molecule has 4 aromatic rings. The number of ketones is 1. The van der Waals surface area contributed by atoms with Gasteiger partial charge in [0, 0.05) is 28.4 Å². The molecule has 5 nitrogen and oxygen atoms in total. The van der Waals surface area contributed by atoms with Crippen LogP contribution < -0.4 is 0 Å². The first-order valence-corrected chi connectivity index (χ1v) is 11.2. The van der Waals surface area contributed by atoms with Crippen LogP contribution in [0.2, 0.25) is 10.0 Å². The number of hydrogen-bond donors (Lipinski definition) is 0. The first kappa shape index (κ1) is 19.5. The van der Waals surface area contributed by atoms with Crippen molar-refractivity contribution in [2.75, 3.05) is 0 Å². The third-order valence-corrected chi connectivity index (χ3v) is 6.56. The molecule has 0 N–H and O–H groups in total. The molecular weight excluding hydrogens is 439 g/mol. The number of Topliss-reactive ketones (excluding diaryl/α,β-unsaturated/α-hetero) is 1. The molecule has 2 heterocycles. The predicted octanol–water partition coefficient (Wildman–Crippen LogP) is 5.64. The summed E-state index contributed by atoms with van der Waals surface area (Å²) in [6, 6.07) is 15.4. The minimum Gasteiger partial charge on any atom is -0.294 e. The van der Waals surface area contributed by atoms with Gasteiger partial charge in [0.15, 0.2) is 5.78 Å². The maximum Gasteiger partial charge on any atom is 0.253 e. The van der Waals surface area contributed by atoms with Crippen molar-refractivity contribution in [2.45, 2.75) is 29.7 Å². The van der Waals surface area contributed by atoms with E-state index in [1.54, 1.807) is 10.7 Å². The first-order valence-electron chi connectivity index (χ1n) is 9.47. The van der Waals surface area contributed by atoms with E-state index in [-0.39, 0.29) is 11.7 Å². The number of carbonyl (C=O) groups is 1. The van der Waals surface area contributed by atoms with Crippen molar-refractivity contribution in [1.82, 2.24) is 19.6 Å². The van der Waals surface area contributed by atoms with Crippen molar-refractivity contribution in [3.63, 3.8) is 0 Å². The Hall–Kier alpha value is -2.41. The lowest BCUT2D eigenvalue weighted by atomic mass is 9.82. The van der Waals surface area contributed by atoms with Gasteiger partial charge in [0.2, 0.25) is 5.16 Å². The monoisotopic (exact) mass is 454 g/mol. The third-order valence-electron chi connectivity index (χ3n) is 5.16. The fraction of sp³-hybridized carbons (Fsp3) is 0.182. The first-order chi connectivity index (χ1) is 14.5. The molecule has 1 aliphatic rings. The van der Waals surface area contributed by atoms with Gasteiger partial charge in [-0.05, 0) is 47.7 Å². The van der Waals surface area contributed by atoms with Crippen LogP contribution >= 0.6 is 35.0 Å². The molecule has 0 bridgehead atoms. The second kappa shape index (κ2) is 8.02. The highest BCUT2D eigenvalue weighted by Gasteiger charge is 2.28. The molecule has 30 heavy (non-hydrogen) atoms. The van der Waals surface area contributed by atoms with E-state index in [2.05, 4.69) is 15.1 Å². The molecular formula is C22H16Cl2N4OS. The Balaban J connectivity index is 1.40. The van der Waals surface area contributed by atoms with Crippen molar-refractivity contribution in [3.8, 4) is 0 Å². The van der Waals surface area contributed by atoms with Crippen LogP contribution in [0.25, 0.3) is 5.78 Å². The van der Waals surface area contributed by atoms with Gasteiger partial charge in [0.05, 0.1) is 11.3 Å². The van der Waals surface area contributed by atoms with Gasteiger partial charge in [-0.2, -0.15) is 4.98 Å². The predicted molar refractivity (Wildman–Crippen MR) is 119 cm³/mol. The van der Waals surface area contributed by atoms with E-state index in [1.165, 1.54) is 11.8 Å². The molecule has 0 fully saturated rings. The number of rotatable bonds is 4. The van der Waals surface area contributed by atoms with Crippen LogP contribution in [0.15, 0.2) is 59.9 Å². The maximum absolute atomic E-state index is 12.8. The highest BCUT2D eigenvalue weighted by molar-refractivity contribution is 7.98. The molecule has 0 aliphatic heterocycles. The normalized spacial score (nSPS) is 16.1. The van der Waals surface area contributed by atoms with Gasteiger partial charge in [-0.15, -0.1) is 5.10 Å². The smallest absolute Gasteiger partial charge is 0.253 e. The highest BCUT2D eigenvalue weighted by atomic mass is 35.5. The molecule has 0 saturated carbocycles. The molecule has 150 valence electrons. The van der Waals surface area contributed by atoms with Gasteiger partial charge in [-0.1, -0.05) is 59.2 Å². The number of halogens is 2. The van der Waals surface area contributed by atoms with Gasteiger partial charge in [0.25, 0.3) is 5.78 Å². The van der Waals surface area contributed by atoms with E-state index >= 15 is 0 Å². The average Bonchev–Trinajstić information content (AvgIpc) is 3.14. The quantitative estimate of drug-likeness (QED) is 0.373. The van der Waals surface area contributed by atoms with Crippen LogP contribution in [0.3, 0.4) is 0 Å². The highest BCUT2D eigenvalue weighted by Crippen LogP contribution is 2.33. The summed E-state index contributed by atoms with van der Waals surface area (Å²) in [5.74, 6) is 1.37. The van der Waals surface area contributed by atoms with E-state index in [1.807, 2.05) is 48.5 Å². The Morgan fingerprint density at radius 3 is 2.67 bits per heavy atom. The standard InChI is InChI=1S/C22H16Cl2N4OS/c23-16-6-4-13(5-7-16)12-30-22-26-21-25-19-9-15(14-2-1-3-17(24)8-14)10-20(29)18(19)11-28(21)27-22/h1-8,11,15H,9-10,12H2. The van der Waals surface area contributed by atoms with Gasteiger partial charge >= 0.3 is 0 Å². The van der Waals surface area contributed by atoms with Crippen LogP contribution in [0.1, 0.15) is 39.5 Å². The van der Waals surface area contributed by atoms with E-state index in [9.17, 15) is 4.79 Å². The van der Waals surface area contributed by atoms with Gasteiger partial charge in [-0.25, -0.2) is 9.50 Å². The molecule has 2 aromatic carbocycles. The summed E-state index contributed by atoms with van der Waals surface area (Å²) in [5, 5.41) is 6.50. The van der Waals surface area contributed by atoms with Gasteiger partial charge < -0.3 is 0 Å². The lowest BCUT2D eigenvalue weighted by Gasteiger charge is -2.23. The number of nitrogens with zero attached hydrogens (tertiary/aromatic N) is 4. The van der Waals surface area contributed by atoms with Crippen molar-refractivity contribution >= 4 is 46.5 Å². The fourth-order valence-electron chi connectivity index (χ4n) is 3.65. The van der Waals surface area contributed by atoms with Crippen molar-refractivity contribution in [1.29, 1.82) is 0 Å². The van der Waals surface area contributed by atoms with E-state index in [0.29, 0.717) is 39.4 Å². The van der Waals surface area contributed by atoms with E-state index in [4.69, 9.17) is 23.2 Å². The summed E-state index contributed by atoms with van der Waals surface area (Å²) in [4.78, 5) is 22.0. The molecule has 0 saturated heterocycles. The molecule has 0 amide bonds. The number of benzene rings is 2. The Morgan fingerprint density at radius 1 is 1.03 bits per heavy atom. The average molecular weight is 455 g/mol. The second-order valence-electron chi connectivity index (χ2n) is 7.24. The van der Waals surface area contributed by atoms with Crippen molar-refractivity contribution in [3.05, 3.63) is 87.2 Å². The summed E-state index contributed by atoms with van der Waals surface area (Å²) in [6.07, 6.45) is 2.87. The molecule has 8 heteroatoms. The zero-order chi connectivity index (χ0) is 20.7. The van der Waals surface area contributed by atoms with Gasteiger partial charge in [0.1, 0.15) is 0 Å². The summed E-state index contributed by atoms with van der Waals surface area (Å²) >= 11 is 13.6. The maximum atomic E-state index is 12.8. The lowest BCUT2D eigenvalue weighted by Crippen LogP contribution is -2.21. The molecule has 2 aromatic heterocycles. The largest absolute Gasteiger partial charge is 0.294 e. The summed E-state index contributed by atoms with van der Waals surface area (Å²) in [7, 11) is 0. The zero-order valence-electron chi connectivity index (χ0n) is 15.8. The SMILES string of the molecule is O=C1CC(c2cccc(Cl)c2)Cc2nc3nc(SCc4ccc(Cl)cc4)nn3cc21. The number of thioether (sulfide) groups is 1. The number of carbonyl (C=O) groups excluding carboxylic acids is 1. The zero-order valence-corrected chi connectivity index (χ0v) is 18.1. The van der Waals surface area contributed by atoms with Crippen LogP contribution in [0, 0.1) is 0 Å². The fourth-order valence-corrected chi connectivity index (χ4v) is 4.76. The molecule has 5 rings (SSSR count). The summed E-state index contributed by atoms with van der Waals surface area (Å²) in [6.45, 7) is 0. The lowest BCUT2D eigenvalue weighted by molar-refractivity contribution is 0.0962. The van der Waals surface area contributed by atoms with Crippen LogP contribution in [-0.4, -0.2) is 25.4 Å². The minimum absolute atomic E-state index is 0.0697. The molecule has 1 atom stereocenters. The molecule has 0 spiro atoms. The number of hydrogen-bond acceptors (Lipinski definition) is 5. The van der Waals surface area contributed by atoms with E-state index in [0.717, 1.165) is 22.6 Å². The Labute approximate surface area is 187 Å². The topological polar surface area (TPSA) is 60.2 Å². The number of fused-ring (bicyclic) bond motifs is 2. The number of aromatic nitrogens is 4. The summed E-state index contributed by atoms with van der Waals surface area (Å²) < 4.78 is 1.60. The van der Waals surface area contributed by atoms with Crippen LogP contribution in [-0.2, 0) is 12.2 Å². The van der Waals surface area contributed by atoms with E-state index < -0.39 is 0 Å². The molecule has 1 aliphatic carbocycles. The van der Waals surface area contributed by atoms with Crippen molar-refractivity contribution in [2.24, 2.45) is 0 Å². The van der Waals surface area contributed by atoms with Gasteiger partial charge in [-0.3, -0.25) is 4.79 Å². The third kappa shape index (κ3) is 3.95. The Kier molecular flexibility index (Phi) is 5.23. The Morgan fingerprint density at radius 2 is 1.87 bits per heavy atom. The Bertz CT molecular complexity index is 1260. The second-order valence-corrected chi connectivity index (χ2v) is 9.05.